The topological polar surface area (TPSA) is 78.9 Å². The Balaban J connectivity index is 2.92. The zero-order chi connectivity index (χ0) is 15.9. The average Bonchev–Trinajstić information content (AvgIpc) is 2.43. The molecule has 0 aliphatic carbocycles. The lowest BCUT2D eigenvalue weighted by Crippen LogP contribution is -2.12. The van der Waals surface area contributed by atoms with E-state index in [0.717, 1.165) is 0 Å². The van der Waals surface area contributed by atoms with E-state index in [9.17, 15) is 13.2 Å². The molecule has 0 amide bonds. The van der Waals surface area contributed by atoms with Gasteiger partial charge in [0.1, 0.15) is 6.61 Å². The van der Waals surface area contributed by atoms with Crippen LogP contribution >= 0.6 is 10.7 Å². The van der Waals surface area contributed by atoms with Crippen LogP contribution in [0.3, 0.4) is 0 Å². The first-order chi connectivity index (χ1) is 9.90. The molecule has 0 saturated heterocycles. The summed E-state index contributed by atoms with van der Waals surface area (Å²) >= 11 is 0. The Bertz CT molecular complexity index is 584. The summed E-state index contributed by atoms with van der Waals surface area (Å²) in [6.07, 6.45) is 0. The number of benzene rings is 1. The van der Waals surface area contributed by atoms with Crippen LogP contribution in [0.1, 0.15) is 22.8 Å². The summed E-state index contributed by atoms with van der Waals surface area (Å²) in [7, 11) is 2.82. The summed E-state index contributed by atoms with van der Waals surface area (Å²) < 4.78 is 38.0. The van der Waals surface area contributed by atoms with Crippen LogP contribution in [-0.2, 0) is 29.9 Å². The number of hydrogen-bond acceptors (Lipinski definition) is 6. The van der Waals surface area contributed by atoms with Crippen LogP contribution in [0.2, 0.25) is 0 Å². The van der Waals surface area contributed by atoms with Gasteiger partial charge < -0.3 is 14.2 Å². The minimum atomic E-state index is -3.98. The Morgan fingerprint density at radius 2 is 2.00 bits per heavy atom. The smallest absolute Gasteiger partial charge is 0.338 e. The Hall–Kier alpha value is -1.15. The molecular formula is C13H17ClO6S. The van der Waals surface area contributed by atoms with Gasteiger partial charge in [-0.2, -0.15) is 0 Å². The van der Waals surface area contributed by atoms with Crippen molar-refractivity contribution in [2.75, 3.05) is 26.9 Å². The molecule has 0 N–H and O–H groups in total. The van der Waals surface area contributed by atoms with E-state index >= 15 is 0 Å². The van der Waals surface area contributed by atoms with E-state index in [1.165, 1.54) is 25.3 Å². The van der Waals surface area contributed by atoms with Gasteiger partial charge in [-0.25, -0.2) is 13.2 Å². The highest BCUT2D eigenvalue weighted by molar-refractivity contribution is 8.13. The fourth-order valence-electron chi connectivity index (χ4n) is 1.60. The first-order valence-corrected chi connectivity index (χ1v) is 8.52. The van der Waals surface area contributed by atoms with Gasteiger partial charge in [-0.1, -0.05) is 6.07 Å². The van der Waals surface area contributed by atoms with E-state index in [2.05, 4.69) is 0 Å². The lowest BCUT2D eigenvalue weighted by atomic mass is 10.1. The molecule has 118 valence electrons. The van der Waals surface area contributed by atoms with Gasteiger partial charge in [0.25, 0.3) is 9.05 Å². The number of rotatable bonds is 8. The summed E-state index contributed by atoms with van der Waals surface area (Å²) in [6.45, 7) is 2.80. The van der Waals surface area contributed by atoms with Gasteiger partial charge in [-0.15, -0.1) is 0 Å². The molecule has 0 aliphatic rings. The van der Waals surface area contributed by atoms with Crippen molar-refractivity contribution in [3.63, 3.8) is 0 Å². The predicted octanol–water partition coefficient (Wildman–Crippen LogP) is 1.95. The van der Waals surface area contributed by atoms with E-state index in [4.69, 9.17) is 24.9 Å². The normalized spacial score (nSPS) is 11.4. The molecule has 8 heteroatoms. The molecule has 0 fully saturated rings. The van der Waals surface area contributed by atoms with Gasteiger partial charge in [-0.3, -0.25) is 0 Å². The fraction of sp³-hybridized carbons (Fsp3) is 0.462. The number of esters is 1. The van der Waals surface area contributed by atoms with Crippen LogP contribution in [0.25, 0.3) is 0 Å². The van der Waals surface area contributed by atoms with E-state index in [-0.39, 0.29) is 30.3 Å². The molecule has 0 heterocycles. The van der Waals surface area contributed by atoms with E-state index in [0.29, 0.717) is 12.2 Å². The van der Waals surface area contributed by atoms with Gasteiger partial charge in [-0.05, 0) is 24.6 Å². The third-order valence-corrected chi connectivity index (χ3v) is 3.93. The maximum absolute atomic E-state index is 11.8. The molecule has 0 aliphatic heterocycles. The Kier molecular flexibility index (Phi) is 7.10. The van der Waals surface area contributed by atoms with Crippen molar-refractivity contribution in [1.29, 1.82) is 0 Å². The Labute approximate surface area is 128 Å². The van der Waals surface area contributed by atoms with Crippen molar-refractivity contribution < 1.29 is 27.4 Å². The second-order valence-corrected chi connectivity index (χ2v) is 6.56. The van der Waals surface area contributed by atoms with Crippen molar-refractivity contribution in [3.8, 4) is 0 Å². The quantitative estimate of drug-likeness (QED) is 0.410. The number of halogens is 1. The highest BCUT2D eigenvalue weighted by atomic mass is 35.7. The molecule has 0 spiro atoms. The van der Waals surface area contributed by atoms with Crippen LogP contribution in [0, 0.1) is 0 Å². The zero-order valence-electron chi connectivity index (χ0n) is 11.8. The molecule has 6 nitrogen and oxygen atoms in total. The summed E-state index contributed by atoms with van der Waals surface area (Å²) in [5.41, 5.74) is 0.476. The van der Waals surface area contributed by atoms with Crippen molar-refractivity contribution >= 4 is 25.7 Å². The van der Waals surface area contributed by atoms with Crippen LogP contribution < -0.4 is 0 Å². The largest absolute Gasteiger partial charge is 0.460 e. The minimum Gasteiger partial charge on any atom is -0.460 e. The van der Waals surface area contributed by atoms with Gasteiger partial charge in [0.2, 0.25) is 0 Å². The van der Waals surface area contributed by atoms with Crippen molar-refractivity contribution in [3.05, 3.63) is 29.3 Å². The highest BCUT2D eigenvalue weighted by Gasteiger charge is 2.19. The average molecular weight is 337 g/mol. The number of hydrogen-bond donors (Lipinski definition) is 0. The van der Waals surface area contributed by atoms with Gasteiger partial charge in [0.05, 0.1) is 23.7 Å². The maximum atomic E-state index is 11.8. The minimum absolute atomic E-state index is 0.0704. The van der Waals surface area contributed by atoms with Crippen molar-refractivity contribution in [1.82, 2.24) is 0 Å². The molecule has 1 aromatic carbocycles. The van der Waals surface area contributed by atoms with Crippen molar-refractivity contribution in [2.24, 2.45) is 0 Å². The molecule has 0 atom stereocenters. The van der Waals surface area contributed by atoms with E-state index in [1.54, 1.807) is 0 Å². The first kappa shape index (κ1) is 17.9. The second-order valence-electron chi connectivity index (χ2n) is 4.03. The third-order valence-electron chi connectivity index (χ3n) is 2.53. The molecular weight excluding hydrogens is 320 g/mol. The van der Waals surface area contributed by atoms with Crippen LogP contribution in [0.4, 0.5) is 0 Å². The standard InChI is InChI=1S/C13H17ClO6S/c1-3-19-6-7-20-13(15)10-4-5-11(9-18-2)12(8-10)21(14,16)17/h4-5,8H,3,6-7,9H2,1-2H3. The summed E-state index contributed by atoms with van der Waals surface area (Å²) in [6, 6.07) is 4.11. The molecule has 1 rings (SSSR count). The lowest BCUT2D eigenvalue weighted by Gasteiger charge is -2.09. The molecule has 21 heavy (non-hydrogen) atoms. The fourth-order valence-corrected chi connectivity index (χ4v) is 2.74. The zero-order valence-corrected chi connectivity index (χ0v) is 13.4. The van der Waals surface area contributed by atoms with Crippen LogP contribution in [-0.4, -0.2) is 41.3 Å². The third kappa shape index (κ3) is 5.62. The SMILES string of the molecule is CCOCCOC(=O)c1ccc(COC)c(S(=O)(=O)Cl)c1. The van der Waals surface area contributed by atoms with Gasteiger partial charge in [0.15, 0.2) is 0 Å². The summed E-state index contributed by atoms with van der Waals surface area (Å²) in [4.78, 5) is 11.6. The molecule has 0 radical (unpaired) electrons. The number of carbonyl (C=O) groups is 1. The Morgan fingerprint density at radius 3 is 2.57 bits per heavy atom. The maximum Gasteiger partial charge on any atom is 0.338 e. The first-order valence-electron chi connectivity index (χ1n) is 6.21. The Morgan fingerprint density at radius 1 is 1.29 bits per heavy atom. The molecule has 1 aromatic rings. The van der Waals surface area contributed by atoms with Crippen LogP contribution in [0.5, 0.6) is 0 Å². The predicted molar refractivity (Wildman–Crippen MR) is 77.0 cm³/mol. The summed E-state index contributed by atoms with van der Waals surface area (Å²) in [5, 5.41) is 0. The lowest BCUT2D eigenvalue weighted by molar-refractivity contribution is 0.0335. The van der Waals surface area contributed by atoms with Crippen molar-refractivity contribution in [2.45, 2.75) is 18.4 Å². The monoisotopic (exact) mass is 336 g/mol. The van der Waals surface area contributed by atoms with E-state index in [1.807, 2.05) is 6.92 Å². The van der Waals surface area contributed by atoms with Gasteiger partial charge >= 0.3 is 5.97 Å². The number of ether oxygens (including phenoxy) is 3. The molecule has 0 bridgehead atoms. The second kappa shape index (κ2) is 8.33. The van der Waals surface area contributed by atoms with Crippen LogP contribution in [0.15, 0.2) is 23.1 Å². The van der Waals surface area contributed by atoms with E-state index < -0.39 is 15.0 Å². The number of carbonyl (C=O) groups excluding carboxylic acids is 1. The molecule has 0 unspecified atom stereocenters. The highest BCUT2D eigenvalue weighted by Crippen LogP contribution is 2.22. The summed E-state index contributed by atoms with van der Waals surface area (Å²) in [5.74, 6) is -0.639. The molecule has 0 aromatic heterocycles. The van der Waals surface area contributed by atoms with Gasteiger partial charge in [0, 0.05) is 24.4 Å². The molecule has 0 saturated carbocycles. The number of methoxy groups -OCH3 is 1.